The van der Waals surface area contributed by atoms with Crippen LogP contribution in [0.3, 0.4) is 0 Å². The molecule has 2 N–H and O–H groups in total. The molecule has 2 heterocycles. The van der Waals surface area contributed by atoms with Gasteiger partial charge in [0.25, 0.3) is 0 Å². The van der Waals surface area contributed by atoms with Gasteiger partial charge in [-0.3, -0.25) is 0 Å². The topological polar surface area (TPSA) is 78.8 Å². The molecule has 0 saturated heterocycles. The van der Waals surface area contributed by atoms with E-state index < -0.39 is 0 Å². The zero-order valence-electron chi connectivity index (χ0n) is 12.0. The van der Waals surface area contributed by atoms with Crippen molar-refractivity contribution in [1.82, 2.24) is 9.97 Å². The average Bonchev–Trinajstić information content (AvgIpc) is 2.69. The lowest BCUT2D eigenvalue weighted by molar-refractivity contribution is 0.782. The summed E-state index contributed by atoms with van der Waals surface area (Å²) in [5.74, 6) is 1.53. The van der Waals surface area contributed by atoms with Crippen molar-refractivity contribution in [2.24, 2.45) is 0 Å². The Morgan fingerprint density at radius 1 is 1.14 bits per heavy atom. The molecule has 0 amide bonds. The second-order valence-electron chi connectivity index (χ2n) is 5.22. The summed E-state index contributed by atoms with van der Waals surface area (Å²) in [6, 6.07) is 10.6. The fourth-order valence-electron chi connectivity index (χ4n) is 2.79. The Labute approximate surface area is 124 Å². The molecule has 0 atom stereocenters. The lowest BCUT2D eigenvalue weighted by Gasteiger charge is -2.23. The fraction of sp³-hybridized carbons (Fsp3) is 0.312. The lowest BCUT2D eigenvalue weighted by atomic mass is 10.0. The van der Waals surface area contributed by atoms with Crippen LogP contribution in [0.15, 0.2) is 24.3 Å². The summed E-state index contributed by atoms with van der Waals surface area (Å²) in [7, 11) is 0. The average molecular weight is 279 g/mol. The second kappa shape index (κ2) is 5.41. The Hall–Kier alpha value is -2.61. The van der Waals surface area contributed by atoms with Crippen molar-refractivity contribution >= 4 is 11.6 Å². The van der Waals surface area contributed by atoms with E-state index in [0.717, 1.165) is 25.9 Å². The van der Waals surface area contributed by atoms with Gasteiger partial charge in [-0.2, -0.15) is 5.26 Å². The van der Waals surface area contributed by atoms with Gasteiger partial charge in [-0.05, 0) is 30.9 Å². The van der Waals surface area contributed by atoms with Crippen LogP contribution in [0.2, 0.25) is 0 Å². The molecule has 21 heavy (non-hydrogen) atoms. The number of benzene rings is 1. The van der Waals surface area contributed by atoms with Crippen molar-refractivity contribution in [3.05, 3.63) is 46.8 Å². The molecule has 0 fully saturated rings. The number of nitrogens with zero attached hydrogens (tertiary/aromatic N) is 4. The van der Waals surface area contributed by atoms with Crippen LogP contribution < -0.4 is 10.6 Å². The van der Waals surface area contributed by atoms with Crippen LogP contribution in [0, 0.1) is 18.3 Å². The maximum Gasteiger partial charge on any atom is 0.152 e. The van der Waals surface area contributed by atoms with Gasteiger partial charge in [-0.1, -0.05) is 24.3 Å². The number of nitrogen functional groups attached to an aromatic ring is 1. The van der Waals surface area contributed by atoms with Crippen molar-refractivity contribution in [2.45, 2.75) is 19.8 Å². The van der Waals surface area contributed by atoms with Crippen LogP contribution in [-0.2, 0) is 12.8 Å². The predicted molar refractivity (Wildman–Crippen MR) is 82.0 cm³/mol. The molecule has 2 aromatic rings. The first-order valence-electron chi connectivity index (χ1n) is 7.05. The molecule has 5 heteroatoms. The molecular formula is C16H17N5. The molecule has 0 unspecified atom stereocenters. The van der Waals surface area contributed by atoms with Gasteiger partial charge in [0.2, 0.25) is 0 Å². The molecule has 0 bridgehead atoms. The first kappa shape index (κ1) is 13.4. The highest BCUT2D eigenvalue weighted by Crippen LogP contribution is 2.25. The third-order valence-electron chi connectivity index (χ3n) is 3.86. The van der Waals surface area contributed by atoms with E-state index in [0.29, 0.717) is 17.2 Å². The zero-order valence-corrected chi connectivity index (χ0v) is 12.0. The summed E-state index contributed by atoms with van der Waals surface area (Å²) in [4.78, 5) is 10.7. The van der Waals surface area contributed by atoms with Crippen LogP contribution in [0.5, 0.6) is 0 Å². The summed E-state index contributed by atoms with van der Waals surface area (Å²) in [6.45, 7) is 3.47. The largest absolute Gasteiger partial charge is 0.382 e. The van der Waals surface area contributed by atoms with Crippen LogP contribution in [0.4, 0.5) is 11.6 Å². The highest BCUT2D eigenvalue weighted by atomic mass is 15.2. The third kappa shape index (κ3) is 2.52. The van der Waals surface area contributed by atoms with Gasteiger partial charge in [0.15, 0.2) is 5.82 Å². The van der Waals surface area contributed by atoms with Gasteiger partial charge >= 0.3 is 0 Å². The maximum absolute atomic E-state index is 9.33. The zero-order chi connectivity index (χ0) is 14.8. The second-order valence-corrected chi connectivity index (χ2v) is 5.22. The molecule has 106 valence electrons. The van der Waals surface area contributed by atoms with Crippen LogP contribution in [0.25, 0.3) is 0 Å². The monoisotopic (exact) mass is 279 g/mol. The number of hydrogen-bond donors (Lipinski definition) is 1. The first-order valence-corrected chi connectivity index (χ1v) is 7.05. The number of nitriles is 1. The summed E-state index contributed by atoms with van der Waals surface area (Å²) in [5, 5.41) is 9.33. The smallest absolute Gasteiger partial charge is 0.152 e. The molecule has 0 radical (unpaired) electrons. The molecule has 0 spiro atoms. The summed E-state index contributed by atoms with van der Waals surface area (Å²) in [5.41, 5.74) is 8.99. The normalized spacial score (nSPS) is 14.2. The maximum atomic E-state index is 9.33. The minimum atomic E-state index is 0.266. The van der Waals surface area contributed by atoms with Gasteiger partial charge in [-0.25, -0.2) is 9.97 Å². The number of rotatable bonds is 1. The fourth-order valence-corrected chi connectivity index (χ4v) is 2.79. The van der Waals surface area contributed by atoms with Crippen LogP contribution in [-0.4, -0.2) is 23.1 Å². The number of hydrogen-bond acceptors (Lipinski definition) is 5. The van der Waals surface area contributed by atoms with E-state index in [2.05, 4.69) is 45.2 Å². The summed E-state index contributed by atoms with van der Waals surface area (Å²) < 4.78 is 0. The van der Waals surface area contributed by atoms with E-state index >= 15 is 0 Å². The number of anilines is 2. The van der Waals surface area contributed by atoms with Crippen molar-refractivity contribution in [3.8, 4) is 6.07 Å². The Bertz CT molecular complexity index is 690. The van der Waals surface area contributed by atoms with Gasteiger partial charge in [0.05, 0.1) is 0 Å². The molecule has 1 aromatic heterocycles. The van der Waals surface area contributed by atoms with Crippen LogP contribution in [0.1, 0.15) is 22.5 Å². The molecule has 5 nitrogen and oxygen atoms in total. The van der Waals surface area contributed by atoms with Gasteiger partial charge < -0.3 is 10.6 Å². The van der Waals surface area contributed by atoms with Crippen molar-refractivity contribution in [1.29, 1.82) is 5.26 Å². The molecule has 1 aliphatic rings. The van der Waals surface area contributed by atoms with E-state index in [9.17, 15) is 5.26 Å². The molecule has 0 saturated carbocycles. The molecule has 3 rings (SSSR count). The minimum absolute atomic E-state index is 0.266. The van der Waals surface area contributed by atoms with E-state index in [1.54, 1.807) is 6.92 Å². The van der Waals surface area contributed by atoms with E-state index in [-0.39, 0.29) is 5.82 Å². The Balaban J connectivity index is 1.95. The predicted octanol–water partition coefficient (Wildman–Crippen LogP) is 1.84. The highest BCUT2D eigenvalue weighted by molar-refractivity contribution is 5.64. The minimum Gasteiger partial charge on any atom is -0.382 e. The highest BCUT2D eigenvalue weighted by Gasteiger charge is 2.20. The van der Waals surface area contributed by atoms with Crippen molar-refractivity contribution < 1.29 is 0 Å². The van der Waals surface area contributed by atoms with Crippen molar-refractivity contribution in [2.75, 3.05) is 23.7 Å². The number of aryl methyl sites for hydroxylation is 1. The van der Waals surface area contributed by atoms with Gasteiger partial charge in [-0.15, -0.1) is 0 Å². The number of nitrogens with two attached hydrogens (primary N) is 1. The van der Waals surface area contributed by atoms with E-state index in [4.69, 9.17) is 5.73 Å². The SMILES string of the molecule is Cc1nc(N)c(C#N)c(N2CCc3ccccc3CC2)n1. The molecule has 1 aliphatic heterocycles. The van der Waals surface area contributed by atoms with E-state index in [1.807, 2.05) is 0 Å². The summed E-state index contributed by atoms with van der Waals surface area (Å²) in [6.07, 6.45) is 1.90. The van der Waals surface area contributed by atoms with E-state index in [1.165, 1.54) is 11.1 Å². The Kier molecular flexibility index (Phi) is 3.44. The number of fused-ring (bicyclic) bond motifs is 1. The standard InChI is InChI=1S/C16H17N5/c1-11-19-15(18)14(10-17)16(20-11)21-8-6-12-4-2-3-5-13(12)7-9-21/h2-5H,6-9H2,1H3,(H2,18,19,20). The molecular weight excluding hydrogens is 262 g/mol. The third-order valence-corrected chi connectivity index (χ3v) is 3.86. The van der Waals surface area contributed by atoms with Gasteiger partial charge in [0.1, 0.15) is 23.3 Å². The Morgan fingerprint density at radius 3 is 2.33 bits per heavy atom. The lowest BCUT2D eigenvalue weighted by Crippen LogP contribution is -2.28. The quantitative estimate of drug-likeness (QED) is 0.861. The summed E-state index contributed by atoms with van der Waals surface area (Å²) >= 11 is 0. The van der Waals surface area contributed by atoms with Gasteiger partial charge in [0, 0.05) is 13.1 Å². The Morgan fingerprint density at radius 2 is 1.76 bits per heavy atom. The van der Waals surface area contributed by atoms with Crippen molar-refractivity contribution in [3.63, 3.8) is 0 Å². The molecule has 1 aromatic carbocycles. The molecule has 0 aliphatic carbocycles. The number of aromatic nitrogens is 2. The first-order chi connectivity index (χ1) is 10.2. The van der Waals surface area contributed by atoms with Crippen LogP contribution >= 0.6 is 0 Å².